The van der Waals surface area contributed by atoms with E-state index in [0.717, 1.165) is 45.4 Å². The van der Waals surface area contributed by atoms with Gasteiger partial charge in [0.2, 0.25) is 0 Å². The van der Waals surface area contributed by atoms with Crippen molar-refractivity contribution in [1.29, 1.82) is 0 Å². The number of hydrogen-bond donors (Lipinski definition) is 0. The minimum atomic E-state index is 0.708. The first-order valence-corrected chi connectivity index (χ1v) is 7.51. The molecule has 0 aliphatic carbocycles. The third-order valence-corrected chi connectivity index (χ3v) is 4.95. The molecule has 1 aromatic heterocycles. The molecule has 0 fully saturated rings. The van der Waals surface area contributed by atoms with E-state index in [1.807, 2.05) is 24.3 Å². The molecule has 0 saturated heterocycles. The number of halogens is 1. The summed E-state index contributed by atoms with van der Waals surface area (Å²) < 4.78 is 5.65. The fourth-order valence-electron chi connectivity index (χ4n) is 2.63. The Kier molecular flexibility index (Phi) is 2.69. The van der Waals surface area contributed by atoms with Crippen LogP contribution in [0.2, 0.25) is 5.02 Å². The van der Waals surface area contributed by atoms with Gasteiger partial charge in [-0.1, -0.05) is 24.3 Å². The Bertz CT molecular complexity index is 790. The second-order valence-corrected chi connectivity index (χ2v) is 6.01. The van der Waals surface area contributed by atoms with Gasteiger partial charge in [0.05, 0.1) is 23.5 Å². The Hall–Kier alpha value is -1.65. The molecule has 0 saturated carbocycles. The average Bonchev–Trinajstić information content (AvgIpc) is 3.14. The number of aliphatic imine (C=N–C) groups is 1. The lowest BCUT2D eigenvalue weighted by molar-refractivity contribution is 0.608. The molecule has 3 heterocycles. The van der Waals surface area contributed by atoms with Crippen molar-refractivity contribution in [2.75, 3.05) is 13.1 Å². The second kappa shape index (κ2) is 4.43. The van der Waals surface area contributed by atoms with Gasteiger partial charge >= 0.3 is 0 Å². The number of furan rings is 1. The highest BCUT2D eigenvalue weighted by atomic mass is 35.5. The molecule has 2 aromatic rings. The summed E-state index contributed by atoms with van der Waals surface area (Å²) in [6.45, 7) is 5.65. The minimum absolute atomic E-state index is 0.708. The first-order chi connectivity index (χ1) is 9.79. The van der Waals surface area contributed by atoms with Gasteiger partial charge in [-0.15, -0.1) is 0 Å². The van der Waals surface area contributed by atoms with E-state index in [0.29, 0.717) is 5.02 Å². The maximum absolute atomic E-state index is 6.22. The van der Waals surface area contributed by atoms with Crippen molar-refractivity contribution < 1.29 is 4.42 Å². The van der Waals surface area contributed by atoms with Crippen LogP contribution >= 0.6 is 23.4 Å². The smallest absolute Gasteiger partial charge is 0.168 e. The average molecular weight is 303 g/mol. The topological polar surface area (TPSA) is 28.7 Å². The number of benzene rings is 1. The van der Waals surface area contributed by atoms with E-state index in [2.05, 4.69) is 16.5 Å². The normalized spacial score (nSPS) is 17.9. The Morgan fingerprint density at radius 2 is 2.30 bits per heavy atom. The molecule has 0 atom stereocenters. The minimum Gasteiger partial charge on any atom is -0.464 e. The van der Waals surface area contributed by atoms with Crippen molar-refractivity contribution in [3.63, 3.8) is 0 Å². The lowest BCUT2D eigenvalue weighted by Crippen LogP contribution is -2.20. The monoisotopic (exact) mass is 302 g/mol. The van der Waals surface area contributed by atoms with Gasteiger partial charge in [0.25, 0.3) is 0 Å². The van der Waals surface area contributed by atoms with Crippen molar-refractivity contribution in [2.45, 2.75) is 0 Å². The number of hydrogen-bond acceptors (Lipinski definition) is 4. The summed E-state index contributed by atoms with van der Waals surface area (Å²) in [5, 5.41) is 2.69. The fourth-order valence-corrected chi connectivity index (χ4v) is 3.89. The zero-order chi connectivity index (χ0) is 13.7. The Labute approximate surface area is 125 Å². The molecule has 100 valence electrons. The maximum atomic E-state index is 6.22. The van der Waals surface area contributed by atoms with Crippen LogP contribution in [0, 0.1) is 0 Å². The van der Waals surface area contributed by atoms with Gasteiger partial charge in [-0.2, -0.15) is 0 Å². The summed E-state index contributed by atoms with van der Waals surface area (Å²) in [5.41, 5.74) is 2.99. The van der Waals surface area contributed by atoms with Crippen LogP contribution in [0.4, 0.5) is 0 Å². The molecular formula is C15H11ClN2OS. The van der Waals surface area contributed by atoms with Crippen LogP contribution in [0.25, 0.3) is 16.7 Å². The van der Waals surface area contributed by atoms with Gasteiger partial charge in [0.1, 0.15) is 5.58 Å². The predicted molar refractivity (Wildman–Crippen MR) is 84.9 cm³/mol. The summed E-state index contributed by atoms with van der Waals surface area (Å²) in [7, 11) is 0. The molecule has 1 aromatic carbocycles. The van der Waals surface area contributed by atoms with Gasteiger partial charge < -0.3 is 9.32 Å². The number of fused-ring (bicyclic) bond motifs is 2. The highest BCUT2D eigenvalue weighted by molar-refractivity contribution is 8.17. The Balaban J connectivity index is 1.98. The Morgan fingerprint density at radius 3 is 3.15 bits per heavy atom. The van der Waals surface area contributed by atoms with Gasteiger partial charge in [0, 0.05) is 22.4 Å². The largest absolute Gasteiger partial charge is 0.464 e. The SMILES string of the molecule is C=CC1=C(c2ccc(Cl)c3ccoc23)N2CCN=C2S1. The van der Waals surface area contributed by atoms with E-state index in [-0.39, 0.29) is 0 Å². The van der Waals surface area contributed by atoms with Crippen LogP contribution in [0.3, 0.4) is 0 Å². The van der Waals surface area contributed by atoms with Crippen LogP contribution in [0.15, 0.2) is 51.4 Å². The summed E-state index contributed by atoms with van der Waals surface area (Å²) >= 11 is 7.88. The molecule has 0 unspecified atom stereocenters. The first kappa shape index (κ1) is 12.1. The molecule has 5 heteroatoms. The summed E-state index contributed by atoms with van der Waals surface area (Å²) in [6, 6.07) is 5.82. The number of rotatable bonds is 2. The van der Waals surface area contributed by atoms with Crippen LogP contribution in [0.1, 0.15) is 5.56 Å². The van der Waals surface area contributed by atoms with E-state index in [4.69, 9.17) is 16.0 Å². The standard InChI is InChI=1S/C15H11ClN2OS/c1-2-12-13(18-7-6-17-15(18)20-12)10-3-4-11(16)9-5-8-19-14(9)10/h2-5,8H,1,6-7H2. The van der Waals surface area contributed by atoms with Gasteiger partial charge in [0.15, 0.2) is 5.17 Å². The van der Waals surface area contributed by atoms with Crippen LogP contribution < -0.4 is 0 Å². The lowest BCUT2D eigenvalue weighted by atomic mass is 10.1. The first-order valence-electron chi connectivity index (χ1n) is 6.32. The molecule has 2 aliphatic rings. The third kappa shape index (κ3) is 1.58. The van der Waals surface area contributed by atoms with Crippen LogP contribution in [-0.2, 0) is 0 Å². The van der Waals surface area contributed by atoms with Gasteiger partial charge in [-0.25, -0.2) is 0 Å². The molecule has 0 spiro atoms. The van der Waals surface area contributed by atoms with Crippen molar-refractivity contribution in [3.05, 3.63) is 52.6 Å². The van der Waals surface area contributed by atoms with Crippen LogP contribution in [-0.4, -0.2) is 23.2 Å². The molecule has 0 radical (unpaired) electrons. The van der Waals surface area contributed by atoms with E-state index in [1.165, 1.54) is 0 Å². The van der Waals surface area contributed by atoms with Crippen LogP contribution in [0.5, 0.6) is 0 Å². The molecular weight excluding hydrogens is 292 g/mol. The number of allylic oxidation sites excluding steroid dienone is 1. The molecule has 0 amide bonds. The zero-order valence-corrected chi connectivity index (χ0v) is 12.2. The molecule has 0 bridgehead atoms. The van der Waals surface area contributed by atoms with E-state index >= 15 is 0 Å². The number of nitrogens with zero attached hydrogens (tertiary/aromatic N) is 2. The summed E-state index contributed by atoms with van der Waals surface area (Å²) in [4.78, 5) is 7.86. The van der Waals surface area contributed by atoms with E-state index < -0.39 is 0 Å². The van der Waals surface area contributed by atoms with E-state index in [9.17, 15) is 0 Å². The highest BCUT2D eigenvalue weighted by Crippen LogP contribution is 2.44. The van der Waals surface area contributed by atoms with Crippen molar-refractivity contribution in [3.8, 4) is 0 Å². The second-order valence-electron chi connectivity index (χ2n) is 4.59. The quantitative estimate of drug-likeness (QED) is 0.825. The summed E-state index contributed by atoms with van der Waals surface area (Å²) in [5.74, 6) is 0. The molecule has 3 nitrogen and oxygen atoms in total. The van der Waals surface area contributed by atoms with Crippen molar-refractivity contribution in [1.82, 2.24) is 4.90 Å². The van der Waals surface area contributed by atoms with E-state index in [1.54, 1.807) is 18.0 Å². The van der Waals surface area contributed by atoms with Crippen molar-refractivity contribution in [2.24, 2.45) is 4.99 Å². The zero-order valence-electron chi connectivity index (χ0n) is 10.6. The van der Waals surface area contributed by atoms with Crippen molar-refractivity contribution >= 4 is 45.2 Å². The Morgan fingerprint density at radius 1 is 1.40 bits per heavy atom. The molecule has 20 heavy (non-hydrogen) atoms. The predicted octanol–water partition coefficient (Wildman–Crippen LogP) is 4.36. The number of amidine groups is 1. The third-order valence-electron chi connectivity index (χ3n) is 3.51. The molecule has 2 aliphatic heterocycles. The lowest BCUT2D eigenvalue weighted by Gasteiger charge is -2.17. The summed E-state index contributed by atoms with van der Waals surface area (Å²) in [6.07, 6.45) is 3.56. The highest BCUT2D eigenvalue weighted by Gasteiger charge is 2.33. The number of thioether (sulfide) groups is 1. The molecule has 4 rings (SSSR count). The van der Waals surface area contributed by atoms with Gasteiger partial charge in [-0.05, 0) is 30.0 Å². The van der Waals surface area contributed by atoms with Gasteiger partial charge in [-0.3, -0.25) is 4.99 Å². The maximum Gasteiger partial charge on any atom is 0.168 e. The molecule has 0 N–H and O–H groups in total. The fraction of sp³-hybridized carbons (Fsp3) is 0.133.